The highest BCUT2D eigenvalue weighted by Gasteiger charge is 2.24. The van der Waals surface area contributed by atoms with E-state index < -0.39 is 0 Å². The van der Waals surface area contributed by atoms with Crippen molar-refractivity contribution in [1.29, 1.82) is 0 Å². The summed E-state index contributed by atoms with van der Waals surface area (Å²) in [5, 5.41) is 0. The summed E-state index contributed by atoms with van der Waals surface area (Å²) in [7, 11) is 0. The number of carbonyl (C=O) groups is 2. The minimum Gasteiger partial charge on any atom is -0.289 e. The van der Waals surface area contributed by atoms with E-state index in [-0.39, 0.29) is 11.6 Å². The Morgan fingerprint density at radius 2 is 0.528 bits per heavy atom. The van der Waals surface area contributed by atoms with Crippen LogP contribution in [0.5, 0.6) is 0 Å². The molecule has 394 valence electrons. The van der Waals surface area contributed by atoms with Gasteiger partial charge in [0.25, 0.3) is 0 Å². The normalized spacial score (nSPS) is 15.4. The Balaban J connectivity index is 1.55. The molecule has 0 spiro atoms. The summed E-state index contributed by atoms with van der Waals surface area (Å²) in [6, 6.07) is 7.11. The van der Waals surface area contributed by atoms with E-state index in [0.717, 1.165) is 116 Å². The van der Waals surface area contributed by atoms with Crippen LogP contribution in [0, 0.1) is 0 Å². The second-order valence-electron chi connectivity index (χ2n) is 21.9. The van der Waals surface area contributed by atoms with Gasteiger partial charge in [-0.15, -0.1) is 0 Å². The molecule has 2 nitrogen and oxygen atoms in total. The molecule has 72 heavy (non-hydrogen) atoms. The summed E-state index contributed by atoms with van der Waals surface area (Å²) in [4.78, 5) is 25.3. The van der Waals surface area contributed by atoms with Gasteiger partial charge < -0.3 is 0 Å². The molecular formula is C70H102O2. The first-order valence-electron chi connectivity index (χ1n) is 28.2. The Bertz CT molecular complexity index is 2260. The van der Waals surface area contributed by atoms with Crippen LogP contribution in [-0.4, -0.2) is 11.6 Å². The van der Waals surface area contributed by atoms with Gasteiger partial charge in [0.1, 0.15) is 0 Å². The molecule has 0 radical (unpaired) electrons. The van der Waals surface area contributed by atoms with Gasteiger partial charge in [-0.05, 0) is 244 Å². The Morgan fingerprint density at radius 1 is 0.306 bits per heavy atom. The van der Waals surface area contributed by atoms with E-state index in [1.165, 1.54) is 98.6 Å². The Kier molecular flexibility index (Phi) is 33.3. The lowest BCUT2D eigenvalue weighted by Crippen LogP contribution is -2.16. The maximum atomic E-state index is 12.9. The first-order valence-corrected chi connectivity index (χ1v) is 28.2. The maximum absolute atomic E-state index is 12.9. The molecule has 0 saturated heterocycles. The number of Topliss-reactive ketones (excluding diaryl/α,β-unsaturated/α-hetero) is 1. The fourth-order valence-electron chi connectivity index (χ4n) is 8.98. The fourth-order valence-corrected chi connectivity index (χ4v) is 8.98. The van der Waals surface area contributed by atoms with Crippen LogP contribution in [0.1, 0.15) is 258 Å². The fraction of sp³-hybridized carbons (Fsp3) is 0.514. The van der Waals surface area contributed by atoms with Crippen molar-refractivity contribution in [3.05, 3.63) is 187 Å². The molecule has 0 heterocycles. The molecule has 0 saturated carbocycles. The van der Waals surface area contributed by atoms with Gasteiger partial charge in [-0.25, -0.2) is 0 Å². The van der Waals surface area contributed by atoms with Crippen molar-refractivity contribution in [3.63, 3.8) is 0 Å². The first kappa shape index (κ1) is 63.3. The molecule has 1 aromatic rings. The highest BCUT2D eigenvalue weighted by Crippen LogP contribution is 2.25. The predicted octanol–water partition coefficient (Wildman–Crippen LogP) is 22.3. The number of ketones is 2. The molecule has 0 aliphatic heterocycles. The maximum Gasteiger partial charge on any atom is 0.190 e. The van der Waals surface area contributed by atoms with Gasteiger partial charge in [0.05, 0.1) is 0 Å². The largest absolute Gasteiger partial charge is 0.289 e. The van der Waals surface area contributed by atoms with Crippen molar-refractivity contribution >= 4 is 11.6 Å². The van der Waals surface area contributed by atoms with Crippen LogP contribution in [0.3, 0.4) is 0 Å². The van der Waals surface area contributed by atoms with Crippen molar-refractivity contribution in [3.8, 4) is 0 Å². The number of rotatable bonds is 35. The van der Waals surface area contributed by atoms with Crippen molar-refractivity contribution in [2.24, 2.45) is 0 Å². The predicted molar refractivity (Wildman–Crippen MR) is 320 cm³/mol. The first-order chi connectivity index (χ1) is 34.4. The highest BCUT2D eigenvalue weighted by atomic mass is 16.1. The van der Waals surface area contributed by atoms with E-state index in [4.69, 9.17) is 0 Å². The molecule has 0 atom stereocenters. The summed E-state index contributed by atoms with van der Waals surface area (Å²) in [6.07, 6.45) is 55.8. The molecule has 0 N–H and O–H groups in total. The minimum atomic E-state index is -0.0697. The molecule has 0 amide bonds. The molecule has 0 fully saturated rings. The van der Waals surface area contributed by atoms with Gasteiger partial charge in [-0.2, -0.15) is 0 Å². The van der Waals surface area contributed by atoms with E-state index in [2.05, 4.69) is 163 Å². The lowest BCUT2D eigenvalue weighted by molar-refractivity contribution is 0.0983. The standard InChI is InChI=1S/C70H102O2/c1-54(2)27-16-28-55(3)29-17-30-56(4)31-18-32-57(5)33-19-34-58(6)35-20-36-59(7)37-21-38-60(8)39-22-40-61(9)41-23-42-62(10)43-24-44-63(11)45-25-46-64(12)47-26-48-65(13)51-52-66-53-69(71)67-49-14-15-50-68(67)70(66)72/h14-15,27,29,31,33,35,37,39,41,43,45,47,49-51,53H,16-26,28,30,32,34,36,38,40,42,44,46,48,52H2,1-13H3. The Labute approximate surface area is 443 Å². The van der Waals surface area contributed by atoms with Crippen molar-refractivity contribution in [2.75, 3.05) is 0 Å². The van der Waals surface area contributed by atoms with Crippen molar-refractivity contribution < 1.29 is 9.59 Å². The molecular weight excluding hydrogens is 873 g/mol. The van der Waals surface area contributed by atoms with Gasteiger partial charge in [0.15, 0.2) is 11.6 Å². The van der Waals surface area contributed by atoms with Gasteiger partial charge in [0, 0.05) is 16.7 Å². The lowest BCUT2D eigenvalue weighted by atomic mass is 9.88. The van der Waals surface area contributed by atoms with Crippen LogP contribution in [0.15, 0.2) is 176 Å². The van der Waals surface area contributed by atoms with Gasteiger partial charge >= 0.3 is 0 Å². The van der Waals surface area contributed by atoms with Crippen LogP contribution in [0.4, 0.5) is 0 Å². The van der Waals surface area contributed by atoms with Crippen LogP contribution in [0.25, 0.3) is 0 Å². The van der Waals surface area contributed by atoms with Crippen LogP contribution < -0.4 is 0 Å². The molecule has 1 aliphatic rings. The number of carbonyl (C=O) groups excluding carboxylic acids is 2. The molecule has 1 aromatic carbocycles. The van der Waals surface area contributed by atoms with E-state index in [9.17, 15) is 9.59 Å². The summed E-state index contributed by atoms with van der Waals surface area (Å²) in [5.74, 6) is -0.0949. The van der Waals surface area contributed by atoms with Crippen molar-refractivity contribution in [2.45, 2.75) is 238 Å². The molecule has 2 heteroatoms. The third-order valence-electron chi connectivity index (χ3n) is 14.1. The van der Waals surface area contributed by atoms with E-state index in [1.807, 2.05) is 6.07 Å². The minimum absolute atomic E-state index is 0.0252. The molecule has 1 aliphatic carbocycles. The monoisotopic (exact) mass is 975 g/mol. The third-order valence-corrected chi connectivity index (χ3v) is 14.1. The molecule has 0 aromatic heterocycles. The second kappa shape index (κ2) is 37.9. The molecule has 0 unspecified atom stereocenters. The Hall–Kier alpha value is -4.82. The summed E-state index contributed by atoms with van der Waals surface area (Å²) < 4.78 is 0. The van der Waals surface area contributed by atoms with Gasteiger partial charge in [-0.1, -0.05) is 164 Å². The van der Waals surface area contributed by atoms with E-state index >= 15 is 0 Å². The van der Waals surface area contributed by atoms with Gasteiger partial charge in [0.2, 0.25) is 0 Å². The molecule has 0 bridgehead atoms. The quantitative estimate of drug-likeness (QED) is 0.0635. The van der Waals surface area contributed by atoms with E-state index in [1.54, 1.807) is 18.2 Å². The number of hydrogen-bond donors (Lipinski definition) is 0. The molecule has 2 rings (SSSR count). The van der Waals surface area contributed by atoms with Crippen LogP contribution >= 0.6 is 0 Å². The number of fused-ring (bicyclic) bond motifs is 1. The smallest absolute Gasteiger partial charge is 0.190 e. The highest BCUT2D eigenvalue weighted by molar-refractivity contribution is 6.24. The number of benzene rings is 1. The van der Waals surface area contributed by atoms with Crippen LogP contribution in [0.2, 0.25) is 0 Å². The van der Waals surface area contributed by atoms with Crippen molar-refractivity contribution in [1.82, 2.24) is 0 Å². The summed E-state index contributed by atoms with van der Waals surface area (Å²) >= 11 is 0. The number of hydrogen-bond acceptors (Lipinski definition) is 2. The zero-order valence-corrected chi connectivity index (χ0v) is 48.4. The zero-order chi connectivity index (χ0) is 53.1. The topological polar surface area (TPSA) is 34.1 Å². The third kappa shape index (κ3) is 30.9. The summed E-state index contributed by atoms with van der Waals surface area (Å²) in [6.45, 7) is 29.4. The average molecular weight is 976 g/mol. The number of allylic oxidation sites excluding steroid dienone is 26. The average Bonchev–Trinajstić information content (AvgIpc) is 3.32. The second-order valence-corrected chi connectivity index (χ2v) is 21.9. The summed E-state index contributed by atoms with van der Waals surface area (Å²) in [5.41, 5.74) is 19.4. The lowest BCUT2D eigenvalue weighted by Gasteiger charge is -2.14. The van der Waals surface area contributed by atoms with E-state index in [0.29, 0.717) is 23.1 Å². The SMILES string of the molecule is CC(C)=CCCC(C)=CCCC(C)=CCCC(C)=CCCC(C)=CCCC(C)=CCCC(C)=CCCC(C)=CCCC(C)=CCCC(C)=CCCC(C)=CCCC(C)=CCC1=CC(=O)c2ccccc2C1=O. The Morgan fingerprint density at radius 3 is 0.778 bits per heavy atom. The van der Waals surface area contributed by atoms with Crippen LogP contribution in [-0.2, 0) is 0 Å². The van der Waals surface area contributed by atoms with Gasteiger partial charge in [-0.3, -0.25) is 9.59 Å². The zero-order valence-electron chi connectivity index (χ0n) is 48.4.